The Morgan fingerprint density at radius 1 is 0.811 bits per heavy atom. The van der Waals surface area contributed by atoms with Gasteiger partial charge in [0.15, 0.2) is 5.65 Å². The maximum absolute atomic E-state index is 6.21. The number of rotatable bonds is 5. The van der Waals surface area contributed by atoms with Crippen molar-refractivity contribution in [3.05, 3.63) is 73.6 Å². The monoisotopic (exact) mass is 488 g/mol. The van der Waals surface area contributed by atoms with Crippen molar-refractivity contribution in [2.24, 2.45) is 0 Å². The molecule has 37 heavy (non-hydrogen) atoms. The molecular weight excluding hydrogens is 464 g/mol. The summed E-state index contributed by atoms with van der Waals surface area (Å²) in [6.45, 7) is 1.96. The second-order valence-corrected chi connectivity index (χ2v) is 9.22. The lowest BCUT2D eigenvalue weighted by molar-refractivity contribution is 0.162. The molecular formula is C28H24N8O. The Balaban J connectivity index is 1.26. The Labute approximate surface area is 212 Å². The second kappa shape index (κ2) is 9.11. The molecule has 0 spiro atoms. The van der Waals surface area contributed by atoms with Crippen molar-refractivity contribution in [1.29, 1.82) is 0 Å². The van der Waals surface area contributed by atoms with Gasteiger partial charge in [0.05, 0.1) is 17.6 Å². The maximum Gasteiger partial charge on any atom is 0.181 e. The van der Waals surface area contributed by atoms with Crippen LogP contribution in [0.25, 0.3) is 55.7 Å². The molecule has 6 aromatic rings. The number of nitrogens with one attached hydrogen (secondary N) is 3. The van der Waals surface area contributed by atoms with Crippen molar-refractivity contribution in [2.75, 3.05) is 13.1 Å². The molecule has 0 atom stereocenters. The van der Waals surface area contributed by atoms with Crippen LogP contribution < -0.4 is 10.1 Å². The number of piperidine rings is 1. The molecule has 0 amide bonds. The number of aromatic nitrogens is 7. The molecule has 0 aromatic carbocycles. The molecule has 0 bridgehead atoms. The van der Waals surface area contributed by atoms with E-state index in [-0.39, 0.29) is 6.10 Å². The zero-order valence-corrected chi connectivity index (χ0v) is 20.0. The van der Waals surface area contributed by atoms with E-state index in [4.69, 9.17) is 4.74 Å². The van der Waals surface area contributed by atoms with Gasteiger partial charge in [0, 0.05) is 58.4 Å². The lowest BCUT2D eigenvalue weighted by Gasteiger charge is -2.23. The number of aromatic amines is 2. The van der Waals surface area contributed by atoms with Crippen LogP contribution >= 0.6 is 0 Å². The number of hydrogen-bond acceptors (Lipinski definition) is 7. The summed E-state index contributed by atoms with van der Waals surface area (Å²) < 4.78 is 6.21. The van der Waals surface area contributed by atoms with Crippen LogP contribution in [-0.2, 0) is 0 Å². The zero-order valence-electron chi connectivity index (χ0n) is 20.0. The van der Waals surface area contributed by atoms with Gasteiger partial charge in [0.1, 0.15) is 17.5 Å². The highest BCUT2D eigenvalue weighted by Gasteiger charge is 2.17. The van der Waals surface area contributed by atoms with Gasteiger partial charge in [0.2, 0.25) is 0 Å². The molecule has 3 N–H and O–H groups in total. The summed E-state index contributed by atoms with van der Waals surface area (Å²) in [4.78, 5) is 21.3. The lowest BCUT2D eigenvalue weighted by Crippen LogP contribution is -2.34. The molecule has 7 rings (SSSR count). The number of pyridine rings is 4. The molecule has 1 aliphatic heterocycles. The normalized spacial score (nSPS) is 14.4. The van der Waals surface area contributed by atoms with E-state index in [9.17, 15) is 0 Å². The van der Waals surface area contributed by atoms with Gasteiger partial charge in [-0.3, -0.25) is 15.1 Å². The first-order chi connectivity index (χ1) is 18.3. The van der Waals surface area contributed by atoms with Crippen LogP contribution in [0, 0.1) is 0 Å². The number of ether oxygens (including phenoxy) is 1. The van der Waals surface area contributed by atoms with E-state index < -0.39 is 0 Å². The van der Waals surface area contributed by atoms with E-state index in [0.717, 1.165) is 81.7 Å². The highest BCUT2D eigenvalue weighted by Crippen LogP contribution is 2.34. The fourth-order valence-electron chi connectivity index (χ4n) is 4.95. The first-order valence-electron chi connectivity index (χ1n) is 12.4. The zero-order chi connectivity index (χ0) is 24.6. The van der Waals surface area contributed by atoms with E-state index in [2.05, 4.69) is 52.6 Å². The molecule has 1 fully saturated rings. The van der Waals surface area contributed by atoms with Gasteiger partial charge in [-0.2, -0.15) is 5.10 Å². The molecule has 182 valence electrons. The molecule has 9 heteroatoms. The number of hydrogen-bond donors (Lipinski definition) is 3. The average molecular weight is 489 g/mol. The summed E-state index contributed by atoms with van der Waals surface area (Å²) in [6, 6.07) is 12.2. The van der Waals surface area contributed by atoms with E-state index >= 15 is 0 Å². The third kappa shape index (κ3) is 4.09. The van der Waals surface area contributed by atoms with Gasteiger partial charge < -0.3 is 15.0 Å². The fraction of sp³-hybridized carbons (Fsp3) is 0.179. The number of nitrogens with zero attached hydrogens (tertiary/aromatic N) is 5. The summed E-state index contributed by atoms with van der Waals surface area (Å²) in [5.41, 5.74) is 7.20. The van der Waals surface area contributed by atoms with Crippen LogP contribution in [0.1, 0.15) is 12.8 Å². The van der Waals surface area contributed by atoms with Gasteiger partial charge in [-0.15, -0.1) is 0 Å². The number of fused-ring (bicyclic) bond motifs is 2. The van der Waals surface area contributed by atoms with Crippen LogP contribution in [0.2, 0.25) is 0 Å². The van der Waals surface area contributed by atoms with Crippen molar-refractivity contribution < 1.29 is 4.74 Å². The highest BCUT2D eigenvalue weighted by molar-refractivity contribution is 5.99. The second-order valence-electron chi connectivity index (χ2n) is 9.22. The Morgan fingerprint density at radius 2 is 1.70 bits per heavy atom. The first kappa shape index (κ1) is 21.6. The SMILES string of the molecule is c1cncc(-c2ccnc3[nH]c(-c4[nH]nc5ncc(-c6cncc(OC7CCNCC7)c6)cc45)cc23)c1. The maximum atomic E-state index is 6.21. The molecule has 0 unspecified atom stereocenters. The topological polar surface area (TPSA) is 117 Å². The van der Waals surface area contributed by atoms with E-state index in [1.165, 1.54) is 0 Å². The quantitative estimate of drug-likeness (QED) is 0.320. The Kier molecular flexibility index (Phi) is 5.32. The molecule has 6 aromatic heterocycles. The summed E-state index contributed by atoms with van der Waals surface area (Å²) >= 11 is 0. The molecule has 1 aliphatic rings. The van der Waals surface area contributed by atoms with Crippen molar-refractivity contribution in [3.8, 4) is 39.4 Å². The first-order valence-corrected chi connectivity index (χ1v) is 12.4. The highest BCUT2D eigenvalue weighted by atomic mass is 16.5. The Hall–Kier alpha value is -4.63. The van der Waals surface area contributed by atoms with Gasteiger partial charge in [-0.25, -0.2) is 9.97 Å². The molecule has 9 nitrogen and oxygen atoms in total. The predicted octanol–water partition coefficient (Wildman–Crippen LogP) is 4.76. The standard InChI is InChI=1S/C28H24N8O/c1-2-17(13-30-6-1)22-5-9-32-27-23(22)12-25(34-27)26-24-11-19(15-33-28(24)36-35-26)18-10-21(16-31-14-18)37-20-3-7-29-8-4-20/h1-2,5-6,9-16,20,29H,3-4,7-8H2,(H,32,34)(H,33,35,36). The summed E-state index contributed by atoms with van der Waals surface area (Å²) in [5, 5.41) is 12.9. The minimum absolute atomic E-state index is 0.214. The minimum atomic E-state index is 0.214. The van der Waals surface area contributed by atoms with Crippen molar-refractivity contribution >= 4 is 22.1 Å². The van der Waals surface area contributed by atoms with E-state index in [0.29, 0.717) is 5.65 Å². The van der Waals surface area contributed by atoms with Crippen LogP contribution in [0.15, 0.2) is 73.6 Å². The third-order valence-corrected chi connectivity index (χ3v) is 6.82. The van der Waals surface area contributed by atoms with E-state index in [1.807, 2.05) is 49.1 Å². The van der Waals surface area contributed by atoms with Crippen molar-refractivity contribution in [2.45, 2.75) is 18.9 Å². The fourth-order valence-corrected chi connectivity index (χ4v) is 4.95. The smallest absolute Gasteiger partial charge is 0.181 e. The summed E-state index contributed by atoms with van der Waals surface area (Å²) in [6.07, 6.45) is 13.1. The minimum Gasteiger partial charge on any atom is -0.489 e. The number of H-pyrrole nitrogens is 2. The molecule has 0 radical (unpaired) electrons. The molecule has 1 saturated heterocycles. The molecule has 0 aliphatic carbocycles. The van der Waals surface area contributed by atoms with Crippen LogP contribution in [-0.4, -0.2) is 54.3 Å². The van der Waals surface area contributed by atoms with Gasteiger partial charge in [0.25, 0.3) is 0 Å². The van der Waals surface area contributed by atoms with Crippen LogP contribution in [0.3, 0.4) is 0 Å². The van der Waals surface area contributed by atoms with Crippen LogP contribution in [0.5, 0.6) is 5.75 Å². The summed E-state index contributed by atoms with van der Waals surface area (Å²) in [7, 11) is 0. The largest absolute Gasteiger partial charge is 0.489 e. The molecule has 0 saturated carbocycles. The average Bonchev–Trinajstić information content (AvgIpc) is 3.58. The summed E-state index contributed by atoms with van der Waals surface area (Å²) in [5.74, 6) is 0.779. The molecule has 7 heterocycles. The predicted molar refractivity (Wildman–Crippen MR) is 142 cm³/mol. The lowest BCUT2D eigenvalue weighted by atomic mass is 10.0. The van der Waals surface area contributed by atoms with Crippen LogP contribution in [0.4, 0.5) is 0 Å². The van der Waals surface area contributed by atoms with Gasteiger partial charge in [-0.1, -0.05) is 6.07 Å². The van der Waals surface area contributed by atoms with Crippen molar-refractivity contribution in [1.82, 2.24) is 40.4 Å². The Morgan fingerprint density at radius 3 is 2.59 bits per heavy atom. The van der Waals surface area contributed by atoms with Gasteiger partial charge in [-0.05, 0) is 61.8 Å². The van der Waals surface area contributed by atoms with Crippen molar-refractivity contribution in [3.63, 3.8) is 0 Å². The van der Waals surface area contributed by atoms with Gasteiger partial charge >= 0.3 is 0 Å². The third-order valence-electron chi connectivity index (χ3n) is 6.82. The van der Waals surface area contributed by atoms with E-state index in [1.54, 1.807) is 12.4 Å². The Bertz CT molecular complexity index is 1700.